The summed E-state index contributed by atoms with van der Waals surface area (Å²) in [7, 11) is 0. The minimum absolute atomic E-state index is 0.782. The van der Waals surface area contributed by atoms with Crippen molar-refractivity contribution in [2.45, 2.75) is 0 Å². The molecule has 0 fully saturated rings. The van der Waals surface area contributed by atoms with Crippen LogP contribution in [0.3, 0.4) is 0 Å². The highest BCUT2D eigenvalue weighted by atomic mass is 15.3. The van der Waals surface area contributed by atoms with Crippen LogP contribution in [0.4, 0.5) is 0 Å². The first-order valence-electron chi connectivity index (χ1n) is 2.29. The zero-order valence-electron chi connectivity index (χ0n) is 4.07. The van der Waals surface area contributed by atoms with Gasteiger partial charge in [0.05, 0.1) is 0 Å². The molecule has 2 heterocycles. The van der Waals surface area contributed by atoms with E-state index in [1.165, 1.54) is 0 Å². The highest BCUT2D eigenvalue weighted by molar-refractivity contribution is 5.23. The molecule has 0 aliphatic carbocycles. The van der Waals surface area contributed by atoms with Crippen LogP contribution in [0.15, 0.2) is 18.7 Å². The molecule has 8 heavy (non-hydrogen) atoms. The van der Waals surface area contributed by atoms with Crippen LogP contribution < -0.4 is 0 Å². The topological polar surface area (TPSA) is 46.0 Å². The van der Waals surface area contributed by atoms with E-state index in [1.807, 2.05) is 12.4 Å². The molecule has 0 saturated heterocycles. The first-order chi connectivity index (χ1) is 3.97. The minimum atomic E-state index is 0.782. The Kier molecular flexibility index (Phi) is 0.498. The SMILES string of the molecule is c1cn2cnnc2[nH]1. The molecule has 0 unspecified atom stereocenters. The lowest BCUT2D eigenvalue weighted by atomic mass is 10.9. The summed E-state index contributed by atoms with van der Waals surface area (Å²) in [5.74, 6) is 0.782. The lowest BCUT2D eigenvalue weighted by molar-refractivity contribution is 1.09. The van der Waals surface area contributed by atoms with Crippen LogP contribution in [0.2, 0.25) is 0 Å². The van der Waals surface area contributed by atoms with Crippen LogP contribution >= 0.6 is 0 Å². The van der Waals surface area contributed by atoms with Gasteiger partial charge in [0, 0.05) is 12.4 Å². The van der Waals surface area contributed by atoms with Crippen LogP contribution in [-0.2, 0) is 0 Å². The third-order valence-corrected chi connectivity index (χ3v) is 1.02. The molecule has 2 rings (SSSR count). The number of aromatic amines is 1. The van der Waals surface area contributed by atoms with E-state index in [-0.39, 0.29) is 0 Å². The molecule has 0 atom stereocenters. The Morgan fingerprint density at radius 3 is 3.50 bits per heavy atom. The molecule has 40 valence electrons. The van der Waals surface area contributed by atoms with Gasteiger partial charge in [-0.25, -0.2) is 0 Å². The molecule has 0 saturated carbocycles. The number of aromatic nitrogens is 4. The van der Waals surface area contributed by atoms with Gasteiger partial charge in [-0.05, 0) is 0 Å². The zero-order chi connectivity index (χ0) is 5.40. The second-order valence-electron chi connectivity index (χ2n) is 1.52. The predicted octanol–water partition coefficient (Wildman–Crippen LogP) is 0.0574. The quantitative estimate of drug-likeness (QED) is 0.518. The van der Waals surface area contributed by atoms with E-state index in [1.54, 1.807) is 10.7 Å². The molecule has 0 spiro atoms. The van der Waals surface area contributed by atoms with Gasteiger partial charge in [-0.1, -0.05) is 0 Å². The third-order valence-electron chi connectivity index (χ3n) is 1.02. The van der Waals surface area contributed by atoms with Crippen LogP contribution in [0, 0.1) is 0 Å². The minimum Gasteiger partial charge on any atom is -0.329 e. The van der Waals surface area contributed by atoms with Crippen molar-refractivity contribution < 1.29 is 0 Å². The van der Waals surface area contributed by atoms with Crippen LogP contribution in [0.5, 0.6) is 0 Å². The smallest absolute Gasteiger partial charge is 0.232 e. The first kappa shape index (κ1) is 3.65. The van der Waals surface area contributed by atoms with Gasteiger partial charge in [-0.15, -0.1) is 10.2 Å². The molecule has 4 nitrogen and oxygen atoms in total. The molecule has 0 aliphatic rings. The van der Waals surface area contributed by atoms with Gasteiger partial charge in [-0.3, -0.25) is 4.40 Å². The zero-order valence-corrected chi connectivity index (χ0v) is 4.07. The Labute approximate surface area is 45.2 Å². The molecular formula is C4H4N4. The van der Waals surface area contributed by atoms with Crippen molar-refractivity contribution in [3.05, 3.63) is 18.7 Å². The number of H-pyrrole nitrogens is 1. The van der Waals surface area contributed by atoms with E-state index < -0.39 is 0 Å². The number of nitrogens with zero attached hydrogens (tertiary/aromatic N) is 3. The van der Waals surface area contributed by atoms with Gasteiger partial charge in [0.1, 0.15) is 6.33 Å². The Hall–Kier alpha value is -1.32. The number of fused-ring (bicyclic) bond motifs is 1. The fourth-order valence-corrected chi connectivity index (χ4v) is 0.647. The Balaban J connectivity index is 3.06. The second kappa shape index (κ2) is 1.09. The molecule has 0 bridgehead atoms. The van der Waals surface area contributed by atoms with E-state index in [4.69, 9.17) is 0 Å². The van der Waals surface area contributed by atoms with Crippen molar-refractivity contribution in [2.75, 3.05) is 0 Å². The van der Waals surface area contributed by atoms with Crippen LogP contribution in [-0.4, -0.2) is 19.6 Å². The lowest BCUT2D eigenvalue weighted by Crippen LogP contribution is -1.70. The van der Waals surface area contributed by atoms with Gasteiger partial charge in [0.15, 0.2) is 0 Å². The van der Waals surface area contributed by atoms with Gasteiger partial charge >= 0.3 is 0 Å². The summed E-state index contributed by atoms with van der Waals surface area (Å²) in [5.41, 5.74) is 0. The molecule has 2 aromatic rings. The maximum atomic E-state index is 3.74. The molecule has 1 N–H and O–H groups in total. The van der Waals surface area contributed by atoms with Crippen molar-refractivity contribution in [2.24, 2.45) is 0 Å². The molecule has 0 radical (unpaired) electrons. The van der Waals surface area contributed by atoms with Crippen molar-refractivity contribution in [1.82, 2.24) is 19.6 Å². The number of imidazole rings is 1. The van der Waals surface area contributed by atoms with Gasteiger partial charge in [-0.2, -0.15) is 0 Å². The molecule has 0 aliphatic heterocycles. The average molecular weight is 108 g/mol. The highest BCUT2D eigenvalue weighted by Gasteiger charge is 1.88. The van der Waals surface area contributed by atoms with Gasteiger partial charge < -0.3 is 4.98 Å². The molecule has 0 amide bonds. The normalized spacial score (nSPS) is 10.5. The standard InChI is InChI=1S/C4H4N4/c1-2-8-3-6-7-4(8)5-1/h1-3H,(H,5,7). The molecule has 4 heteroatoms. The van der Waals surface area contributed by atoms with E-state index in [0.29, 0.717) is 0 Å². The summed E-state index contributed by atoms with van der Waals surface area (Å²) in [5, 5.41) is 7.38. The lowest BCUT2D eigenvalue weighted by Gasteiger charge is -1.69. The monoisotopic (exact) mass is 108 g/mol. The van der Waals surface area contributed by atoms with E-state index in [0.717, 1.165) is 5.78 Å². The fraction of sp³-hybridized carbons (Fsp3) is 0. The Bertz CT molecular complexity index is 229. The molecule has 0 aromatic carbocycles. The van der Waals surface area contributed by atoms with Crippen molar-refractivity contribution in [3.63, 3.8) is 0 Å². The maximum Gasteiger partial charge on any atom is 0.232 e. The second-order valence-corrected chi connectivity index (χ2v) is 1.52. The number of hydrogen-bond acceptors (Lipinski definition) is 2. The number of rotatable bonds is 0. The molecular weight excluding hydrogens is 104 g/mol. The van der Waals surface area contributed by atoms with Crippen molar-refractivity contribution in [3.8, 4) is 0 Å². The number of hydrogen-bond donors (Lipinski definition) is 1. The highest BCUT2D eigenvalue weighted by Crippen LogP contribution is 1.89. The van der Waals surface area contributed by atoms with Crippen LogP contribution in [0.25, 0.3) is 5.78 Å². The summed E-state index contributed by atoms with van der Waals surface area (Å²) in [6, 6.07) is 0. The number of nitrogens with one attached hydrogen (secondary N) is 1. The average Bonchev–Trinajstić information content (AvgIpc) is 2.15. The van der Waals surface area contributed by atoms with E-state index in [2.05, 4.69) is 15.2 Å². The molecule has 2 aromatic heterocycles. The van der Waals surface area contributed by atoms with Gasteiger partial charge in [0.2, 0.25) is 5.78 Å². The largest absolute Gasteiger partial charge is 0.329 e. The summed E-state index contributed by atoms with van der Waals surface area (Å²) < 4.78 is 1.81. The Morgan fingerprint density at radius 2 is 2.62 bits per heavy atom. The summed E-state index contributed by atoms with van der Waals surface area (Å²) in [4.78, 5) is 2.89. The predicted molar refractivity (Wildman–Crippen MR) is 27.3 cm³/mol. The Morgan fingerprint density at radius 1 is 1.62 bits per heavy atom. The van der Waals surface area contributed by atoms with E-state index >= 15 is 0 Å². The summed E-state index contributed by atoms with van der Waals surface area (Å²) in [6.45, 7) is 0. The summed E-state index contributed by atoms with van der Waals surface area (Å²) in [6.07, 6.45) is 5.31. The van der Waals surface area contributed by atoms with Crippen LogP contribution in [0.1, 0.15) is 0 Å². The van der Waals surface area contributed by atoms with Crippen molar-refractivity contribution >= 4 is 5.78 Å². The maximum absolute atomic E-state index is 3.74. The van der Waals surface area contributed by atoms with E-state index in [9.17, 15) is 0 Å². The third kappa shape index (κ3) is 0.294. The fourth-order valence-electron chi connectivity index (χ4n) is 0.647. The first-order valence-corrected chi connectivity index (χ1v) is 2.29. The van der Waals surface area contributed by atoms with Crippen molar-refractivity contribution in [1.29, 1.82) is 0 Å². The summed E-state index contributed by atoms with van der Waals surface area (Å²) >= 11 is 0. The van der Waals surface area contributed by atoms with Gasteiger partial charge in [0.25, 0.3) is 0 Å².